The molecule has 2 N–H and O–H groups in total. The second kappa shape index (κ2) is 4.53. The average molecular weight is 251 g/mol. The van der Waals surface area contributed by atoms with Crippen molar-refractivity contribution in [3.8, 4) is 17.2 Å². The number of aromatic nitrogens is 4. The lowest BCUT2D eigenvalue weighted by Crippen LogP contribution is -2.00. The number of aryl methyl sites for hydroxylation is 1. The molecular formula is C14H13N5. The lowest BCUT2D eigenvalue weighted by atomic mass is 10.1. The first kappa shape index (κ1) is 11.4. The number of rotatable bonds is 2. The minimum Gasteiger partial charge on any atom is -0.396 e. The van der Waals surface area contributed by atoms with Gasteiger partial charge in [0.25, 0.3) is 5.95 Å². The second-order valence-electron chi connectivity index (χ2n) is 4.29. The molecule has 0 saturated heterocycles. The zero-order chi connectivity index (χ0) is 13.2. The van der Waals surface area contributed by atoms with Crippen molar-refractivity contribution in [1.82, 2.24) is 19.7 Å². The maximum atomic E-state index is 6.01. The van der Waals surface area contributed by atoms with Gasteiger partial charge in [-0.15, -0.1) is 0 Å². The standard InChI is InChI=1S/C14H13N5/c1-10-3-5-11(6-4-10)13-12(15)9-19(18-13)14-16-7-2-8-17-14/h2-9H,15H2,1H3. The predicted molar refractivity (Wildman–Crippen MR) is 73.7 cm³/mol. The third-order valence-electron chi connectivity index (χ3n) is 2.82. The molecule has 0 fully saturated rings. The van der Waals surface area contributed by atoms with Crippen LogP contribution in [0.3, 0.4) is 0 Å². The second-order valence-corrected chi connectivity index (χ2v) is 4.29. The molecule has 0 atom stereocenters. The number of hydrogen-bond donors (Lipinski definition) is 1. The van der Waals surface area contributed by atoms with Gasteiger partial charge >= 0.3 is 0 Å². The summed E-state index contributed by atoms with van der Waals surface area (Å²) < 4.78 is 1.59. The van der Waals surface area contributed by atoms with Crippen molar-refractivity contribution >= 4 is 5.69 Å². The van der Waals surface area contributed by atoms with Crippen LogP contribution in [0, 0.1) is 6.92 Å². The molecule has 0 unspecified atom stereocenters. The zero-order valence-electron chi connectivity index (χ0n) is 10.5. The van der Waals surface area contributed by atoms with Gasteiger partial charge in [0.15, 0.2) is 0 Å². The Balaban J connectivity index is 2.05. The molecular weight excluding hydrogens is 238 g/mol. The predicted octanol–water partition coefficient (Wildman–Crippen LogP) is 2.22. The van der Waals surface area contributed by atoms with Gasteiger partial charge in [-0.25, -0.2) is 14.6 Å². The summed E-state index contributed by atoms with van der Waals surface area (Å²) in [5.41, 5.74) is 9.55. The van der Waals surface area contributed by atoms with E-state index in [1.165, 1.54) is 5.56 Å². The molecule has 2 aromatic heterocycles. The fourth-order valence-electron chi connectivity index (χ4n) is 1.84. The molecule has 0 amide bonds. The van der Waals surface area contributed by atoms with Crippen molar-refractivity contribution in [2.24, 2.45) is 0 Å². The van der Waals surface area contributed by atoms with E-state index in [-0.39, 0.29) is 0 Å². The van der Waals surface area contributed by atoms with Crippen LogP contribution < -0.4 is 5.73 Å². The molecule has 5 nitrogen and oxygen atoms in total. The van der Waals surface area contributed by atoms with Gasteiger partial charge in [-0.2, -0.15) is 5.10 Å². The van der Waals surface area contributed by atoms with Crippen LogP contribution in [-0.4, -0.2) is 19.7 Å². The molecule has 19 heavy (non-hydrogen) atoms. The molecule has 0 bridgehead atoms. The molecule has 3 aromatic rings. The van der Waals surface area contributed by atoms with Gasteiger partial charge in [-0.1, -0.05) is 29.8 Å². The van der Waals surface area contributed by atoms with E-state index >= 15 is 0 Å². The van der Waals surface area contributed by atoms with E-state index in [9.17, 15) is 0 Å². The van der Waals surface area contributed by atoms with Gasteiger partial charge in [-0.3, -0.25) is 0 Å². The molecule has 2 heterocycles. The van der Waals surface area contributed by atoms with E-state index in [0.717, 1.165) is 11.3 Å². The molecule has 0 radical (unpaired) electrons. The summed E-state index contributed by atoms with van der Waals surface area (Å²) in [5.74, 6) is 0.507. The fourth-order valence-corrected chi connectivity index (χ4v) is 1.84. The first-order chi connectivity index (χ1) is 9.24. The van der Waals surface area contributed by atoms with Gasteiger partial charge in [0.2, 0.25) is 0 Å². The quantitative estimate of drug-likeness (QED) is 0.758. The Hall–Kier alpha value is -2.69. The van der Waals surface area contributed by atoms with E-state index in [1.54, 1.807) is 29.3 Å². The average Bonchev–Trinajstić information content (AvgIpc) is 2.83. The van der Waals surface area contributed by atoms with Gasteiger partial charge in [0, 0.05) is 18.0 Å². The summed E-state index contributed by atoms with van der Waals surface area (Å²) >= 11 is 0. The van der Waals surface area contributed by atoms with Crippen LogP contribution in [0.15, 0.2) is 48.9 Å². The van der Waals surface area contributed by atoms with E-state index < -0.39 is 0 Å². The number of anilines is 1. The molecule has 0 saturated carbocycles. The van der Waals surface area contributed by atoms with Crippen molar-refractivity contribution in [2.75, 3.05) is 5.73 Å². The molecule has 94 valence electrons. The summed E-state index contributed by atoms with van der Waals surface area (Å²) in [5, 5.41) is 4.45. The summed E-state index contributed by atoms with van der Waals surface area (Å²) in [6.07, 6.45) is 5.07. The normalized spacial score (nSPS) is 10.6. The Bertz CT molecular complexity index is 686. The van der Waals surface area contributed by atoms with Crippen molar-refractivity contribution in [1.29, 1.82) is 0 Å². The largest absolute Gasteiger partial charge is 0.396 e. The fraction of sp³-hybridized carbons (Fsp3) is 0.0714. The van der Waals surface area contributed by atoms with Crippen molar-refractivity contribution in [3.63, 3.8) is 0 Å². The minimum atomic E-state index is 0.507. The van der Waals surface area contributed by atoms with Crippen LogP contribution in [-0.2, 0) is 0 Å². The highest BCUT2D eigenvalue weighted by Gasteiger charge is 2.10. The highest BCUT2D eigenvalue weighted by molar-refractivity contribution is 5.72. The lowest BCUT2D eigenvalue weighted by molar-refractivity contribution is 0.811. The van der Waals surface area contributed by atoms with Crippen LogP contribution in [0.1, 0.15) is 5.56 Å². The highest BCUT2D eigenvalue weighted by atomic mass is 15.3. The molecule has 0 aliphatic rings. The van der Waals surface area contributed by atoms with Gasteiger partial charge in [0.05, 0.1) is 11.9 Å². The minimum absolute atomic E-state index is 0.507. The van der Waals surface area contributed by atoms with Crippen LogP contribution in [0.4, 0.5) is 5.69 Å². The van der Waals surface area contributed by atoms with Crippen molar-refractivity contribution < 1.29 is 0 Å². The van der Waals surface area contributed by atoms with Crippen LogP contribution >= 0.6 is 0 Å². The number of nitrogen functional groups attached to an aromatic ring is 1. The first-order valence-corrected chi connectivity index (χ1v) is 5.93. The smallest absolute Gasteiger partial charge is 0.250 e. The molecule has 0 aliphatic carbocycles. The van der Waals surface area contributed by atoms with Crippen molar-refractivity contribution in [2.45, 2.75) is 6.92 Å². The monoisotopic (exact) mass is 251 g/mol. The van der Waals surface area contributed by atoms with E-state index in [1.807, 2.05) is 31.2 Å². The highest BCUT2D eigenvalue weighted by Crippen LogP contribution is 2.24. The van der Waals surface area contributed by atoms with Crippen LogP contribution in [0.2, 0.25) is 0 Å². The third kappa shape index (κ3) is 2.18. The number of hydrogen-bond acceptors (Lipinski definition) is 4. The van der Waals surface area contributed by atoms with Gasteiger partial charge in [0.1, 0.15) is 5.69 Å². The molecule has 3 rings (SSSR count). The summed E-state index contributed by atoms with van der Waals surface area (Å²) in [7, 11) is 0. The molecule has 5 heteroatoms. The van der Waals surface area contributed by atoms with Gasteiger partial charge < -0.3 is 5.73 Å². The summed E-state index contributed by atoms with van der Waals surface area (Å²) in [6, 6.07) is 9.84. The summed E-state index contributed by atoms with van der Waals surface area (Å²) in [4.78, 5) is 8.29. The first-order valence-electron chi connectivity index (χ1n) is 5.93. The number of nitrogens with two attached hydrogens (primary N) is 1. The van der Waals surface area contributed by atoms with Crippen LogP contribution in [0.5, 0.6) is 0 Å². The maximum Gasteiger partial charge on any atom is 0.250 e. The van der Waals surface area contributed by atoms with Crippen LogP contribution in [0.25, 0.3) is 17.2 Å². The van der Waals surface area contributed by atoms with Gasteiger partial charge in [-0.05, 0) is 13.0 Å². The van der Waals surface area contributed by atoms with E-state index in [2.05, 4.69) is 15.1 Å². The van der Waals surface area contributed by atoms with E-state index in [4.69, 9.17) is 5.73 Å². The Morgan fingerprint density at radius 1 is 1.05 bits per heavy atom. The third-order valence-corrected chi connectivity index (χ3v) is 2.82. The zero-order valence-corrected chi connectivity index (χ0v) is 10.5. The molecule has 0 spiro atoms. The number of nitrogens with zero attached hydrogens (tertiary/aromatic N) is 4. The van der Waals surface area contributed by atoms with Crippen molar-refractivity contribution in [3.05, 3.63) is 54.5 Å². The maximum absolute atomic E-state index is 6.01. The Morgan fingerprint density at radius 2 is 1.74 bits per heavy atom. The Labute approximate surface area is 110 Å². The number of benzene rings is 1. The summed E-state index contributed by atoms with van der Waals surface area (Å²) in [6.45, 7) is 2.05. The Morgan fingerprint density at radius 3 is 2.42 bits per heavy atom. The Kier molecular flexibility index (Phi) is 2.72. The molecule has 0 aliphatic heterocycles. The van der Waals surface area contributed by atoms with E-state index in [0.29, 0.717) is 11.6 Å². The topological polar surface area (TPSA) is 69.6 Å². The molecule has 1 aromatic carbocycles. The lowest BCUT2D eigenvalue weighted by Gasteiger charge is -1.99. The SMILES string of the molecule is Cc1ccc(-c2nn(-c3ncccn3)cc2N)cc1.